The lowest BCUT2D eigenvalue weighted by molar-refractivity contribution is -0.142. The Hall–Kier alpha value is -1.11. The zero-order valence-corrected chi connectivity index (χ0v) is 13.5. The molecule has 0 radical (unpaired) electrons. The van der Waals surface area contributed by atoms with Crippen molar-refractivity contribution in [3.63, 3.8) is 0 Å². The molecule has 2 N–H and O–H groups in total. The van der Waals surface area contributed by atoms with Crippen LogP contribution in [-0.4, -0.2) is 23.0 Å². The highest BCUT2D eigenvalue weighted by molar-refractivity contribution is 14.1. The predicted octanol–water partition coefficient (Wildman–Crippen LogP) is 2.97. The Balaban J connectivity index is 1.98. The Morgan fingerprint density at radius 1 is 1.25 bits per heavy atom. The molecular weight excluding hydrogens is 369 g/mol. The zero-order valence-electron chi connectivity index (χ0n) is 11.4. The lowest BCUT2D eigenvalue weighted by Crippen LogP contribution is -2.39. The maximum Gasteiger partial charge on any atom is 0.306 e. The highest BCUT2D eigenvalue weighted by Crippen LogP contribution is 2.25. The fourth-order valence-electron chi connectivity index (χ4n) is 2.66. The standard InChI is InChI=1S/C15H18INO3/c1-9-3-2-4-12(16)13(9)14(18)17-11-7-5-10(6-8-11)15(19)20/h2-4,10-11H,5-8H2,1H3,(H,17,18)(H,19,20). The van der Waals surface area contributed by atoms with Gasteiger partial charge in [-0.3, -0.25) is 9.59 Å². The summed E-state index contributed by atoms with van der Waals surface area (Å²) in [6.07, 6.45) is 2.77. The number of hydrogen-bond donors (Lipinski definition) is 2. The molecule has 1 aliphatic rings. The Bertz CT molecular complexity index is 502. The van der Waals surface area contributed by atoms with E-state index < -0.39 is 5.97 Å². The van der Waals surface area contributed by atoms with Gasteiger partial charge in [0.2, 0.25) is 0 Å². The first-order valence-electron chi connectivity index (χ1n) is 6.78. The van der Waals surface area contributed by atoms with E-state index in [1.165, 1.54) is 0 Å². The van der Waals surface area contributed by atoms with Crippen molar-refractivity contribution in [2.75, 3.05) is 0 Å². The summed E-state index contributed by atoms with van der Waals surface area (Å²) in [7, 11) is 0. The Kier molecular flexibility index (Phi) is 5.01. The Morgan fingerprint density at radius 2 is 1.90 bits per heavy atom. The quantitative estimate of drug-likeness (QED) is 0.784. The number of carboxylic acid groups (broad SMARTS) is 1. The number of carboxylic acids is 1. The van der Waals surface area contributed by atoms with Gasteiger partial charge in [-0.2, -0.15) is 0 Å². The molecule has 1 saturated carbocycles. The summed E-state index contributed by atoms with van der Waals surface area (Å²) in [5.41, 5.74) is 1.70. The van der Waals surface area contributed by atoms with Crippen LogP contribution in [0.15, 0.2) is 18.2 Å². The van der Waals surface area contributed by atoms with Crippen molar-refractivity contribution in [3.05, 3.63) is 32.9 Å². The van der Waals surface area contributed by atoms with Gasteiger partial charge in [0.15, 0.2) is 0 Å². The number of nitrogens with one attached hydrogen (secondary N) is 1. The molecule has 20 heavy (non-hydrogen) atoms. The fourth-order valence-corrected chi connectivity index (χ4v) is 3.54. The van der Waals surface area contributed by atoms with Crippen molar-refractivity contribution in [2.45, 2.75) is 38.6 Å². The molecule has 108 valence electrons. The van der Waals surface area contributed by atoms with Crippen LogP contribution in [0.1, 0.15) is 41.6 Å². The highest BCUT2D eigenvalue weighted by Gasteiger charge is 2.27. The molecule has 2 rings (SSSR count). The van der Waals surface area contributed by atoms with Gasteiger partial charge in [0.05, 0.1) is 11.5 Å². The second-order valence-electron chi connectivity index (χ2n) is 5.29. The van der Waals surface area contributed by atoms with E-state index in [-0.39, 0.29) is 17.9 Å². The van der Waals surface area contributed by atoms with Crippen molar-refractivity contribution in [1.82, 2.24) is 5.32 Å². The molecule has 1 amide bonds. The van der Waals surface area contributed by atoms with Gasteiger partial charge in [-0.1, -0.05) is 12.1 Å². The van der Waals surface area contributed by atoms with Crippen LogP contribution in [-0.2, 0) is 4.79 Å². The van der Waals surface area contributed by atoms with E-state index in [4.69, 9.17) is 5.11 Å². The summed E-state index contributed by atoms with van der Waals surface area (Å²) >= 11 is 2.17. The second-order valence-corrected chi connectivity index (χ2v) is 6.45. The first kappa shape index (κ1) is 15.3. The summed E-state index contributed by atoms with van der Waals surface area (Å²) in [5.74, 6) is -1.02. The minimum absolute atomic E-state index is 0.0497. The van der Waals surface area contributed by atoms with Gasteiger partial charge < -0.3 is 10.4 Å². The van der Waals surface area contributed by atoms with Crippen molar-refractivity contribution in [3.8, 4) is 0 Å². The van der Waals surface area contributed by atoms with Crippen LogP contribution < -0.4 is 5.32 Å². The van der Waals surface area contributed by atoms with E-state index in [0.29, 0.717) is 12.8 Å². The molecule has 0 heterocycles. The van der Waals surface area contributed by atoms with Crippen LogP contribution in [0.5, 0.6) is 0 Å². The van der Waals surface area contributed by atoms with Crippen LogP contribution in [0, 0.1) is 16.4 Å². The third-order valence-corrected chi connectivity index (χ3v) is 4.76. The average molecular weight is 387 g/mol. The van der Waals surface area contributed by atoms with Gasteiger partial charge in [0, 0.05) is 9.61 Å². The normalized spacial score (nSPS) is 22.3. The third-order valence-electron chi connectivity index (χ3n) is 3.86. The summed E-state index contributed by atoms with van der Waals surface area (Å²) in [5, 5.41) is 12.0. The third kappa shape index (κ3) is 3.50. The van der Waals surface area contributed by atoms with E-state index >= 15 is 0 Å². The molecule has 1 aromatic rings. The number of halogens is 1. The first-order valence-corrected chi connectivity index (χ1v) is 7.85. The molecule has 0 unspecified atom stereocenters. The fraction of sp³-hybridized carbons (Fsp3) is 0.467. The van der Waals surface area contributed by atoms with E-state index in [0.717, 1.165) is 27.5 Å². The largest absolute Gasteiger partial charge is 0.481 e. The second kappa shape index (κ2) is 6.56. The summed E-state index contributed by atoms with van der Waals surface area (Å²) in [4.78, 5) is 23.2. The van der Waals surface area contributed by atoms with Crippen LogP contribution in [0.25, 0.3) is 0 Å². The molecule has 0 saturated heterocycles. The highest BCUT2D eigenvalue weighted by atomic mass is 127. The van der Waals surface area contributed by atoms with Crippen LogP contribution >= 0.6 is 22.6 Å². The SMILES string of the molecule is Cc1cccc(I)c1C(=O)NC1CCC(C(=O)O)CC1. The van der Waals surface area contributed by atoms with Gasteiger partial charge in [0.1, 0.15) is 0 Å². The van der Waals surface area contributed by atoms with E-state index in [1.807, 2.05) is 25.1 Å². The first-order chi connectivity index (χ1) is 9.49. The van der Waals surface area contributed by atoms with E-state index in [2.05, 4.69) is 27.9 Å². The number of carbonyl (C=O) groups excluding carboxylic acids is 1. The zero-order chi connectivity index (χ0) is 14.7. The summed E-state index contributed by atoms with van der Waals surface area (Å²) in [6, 6.07) is 5.88. The van der Waals surface area contributed by atoms with E-state index in [9.17, 15) is 9.59 Å². The van der Waals surface area contributed by atoms with Crippen molar-refractivity contribution in [1.29, 1.82) is 0 Å². The maximum atomic E-state index is 12.3. The average Bonchev–Trinajstić information content (AvgIpc) is 2.39. The number of amides is 1. The number of benzene rings is 1. The molecule has 1 aromatic carbocycles. The molecule has 5 heteroatoms. The lowest BCUT2D eigenvalue weighted by atomic mass is 9.86. The van der Waals surface area contributed by atoms with Gasteiger partial charge in [-0.25, -0.2) is 0 Å². The topological polar surface area (TPSA) is 66.4 Å². The Labute approximate surface area is 132 Å². The van der Waals surface area contributed by atoms with Crippen molar-refractivity contribution in [2.24, 2.45) is 5.92 Å². The molecular formula is C15H18INO3. The van der Waals surface area contributed by atoms with Crippen LogP contribution in [0.2, 0.25) is 0 Å². The molecule has 0 aliphatic heterocycles. The molecule has 0 aromatic heterocycles. The summed E-state index contributed by atoms with van der Waals surface area (Å²) < 4.78 is 0.944. The van der Waals surface area contributed by atoms with Gasteiger partial charge in [-0.15, -0.1) is 0 Å². The maximum absolute atomic E-state index is 12.3. The lowest BCUT2D eigenvalue weighted by Gasteiger charge is -2.27. The monoisotopic (exact) mass is 387 g/mol. The molecule has 4 nitrogen and oxygen atoms in total. The Morgan fingerprint density at radius 3 is 2.45 bits per heavy atom. The number of rotatable bonds is 3. The molecule has 0 atom stereocenters. The number of aliphatic carboxylic acids is 1. The smallest absolute Gasteiger partial charge is 0.306 e. The predicted molar refractivity (Wildman–Crippen MR) is 84.7 cm³/mol. The van der Waals surface area contributed by atoms with Gasteiger partial charge in [0.25, 0.3) is 5.91 Å². The molecule has 1 fully saturated rings. The number of aryl methyl sites for hydroxylation is 1. The molecule has 0 bridgehead atoms. The summed E-state index contributed by atoms with van der Waals surface area (Å²) in [6.45, 7) is 1.93. The van der Waals surface area contributed by atoms with Gasteiger partial charge >= 0.3 is 5.97 Å². The number of carbonyl (C=O) groups is 2. The number of hydrogen-bond acceptors (Lipinski definition) is 2. The molecule has 1 aliphatic carbocycles. The minimum atomic E-state index is -0.719. The van der Waals surface area contributed by atoms with E-state index in [1.54, 1.807) is 0 Å². The van der Waals surface area contributed by atoms with Gasteiger partial charge in [-0.05, 0) is 66.8 Å². The van der Waals surface area contributed by atoms with Crippen molar-refractivity contribution < 1.29 is 14.7 Å². The minimum Gasteiger partial charge on any atom is -0.481 e. The van der Waals surface area contributed by atoms with Crippen molar-refractivity contribution >= 4 is 34.5 Å². The van der Waals surface area contributed by atoms with Crippen LogP contribution in [0.4, 0.5) is 0 Å². The molecule has 0 spiro atoms. The van der Waals surface area contributed by atoms with Crippen LogP contribution in [0.3, 0.4) is 0 Å².